The second-order valence-corrected chi connectivity index (χ2v) is 9.36. The average molecular weight is 443 g/mol. The van der Waals surface area contributed by atoms with E-state index in [1.165, 1.54) is 4.90 Å². The van der Waals surface area contributed by atoms with E-state index in [9.17, 15) is 19.2 Å². The van der Waals surface area contributed by atoms with Crippen LogP contribution in [0, 0.1) is 5.92 Å². The van der Waals surface area contributed by atoms with E-state index in [0.29, 0.717) is 35.8 Å². The summed E-state index contributed by atoms with van der Waals surface area (Å²) in [5.74, 6) is 0.138. The first kappa shape index (κ1) is 22.3. The number of urea groups is 1. The molecule has 3 aliphatic rings. The summed E-state index contributed by atoms with van der Waals surface area (Å²) in [6, 6.07) is 4.28. The van der Waals surface area contributed by atoms with Crippen molar-refractivity contribution in [3.63, 3.8) is 0 Å². The van der Waals surface area contributed by atoms with Crippen molar-refractivity contribution >= 4 is 29.3 Å². The largest absolute Gasteiger partial charge is 0.479 e. The Balaban J connectivity index is 1.46. The molecule has 0 radical (unpaired) electrons. The lowest BCUT2D eigenvalue weighted by Crippen LogP contribution is -2.55. The maximum atomic E-state index is 13.2. The molecule has 1 spiro atoms. The Morgan fingerprint density at radius 3 is 2.56 bits per heavy atom. The summed E-state index contributed by atoms with van der Waals surface area (Å²) in [5, 5.41) is 2.85. The van der Waals surface area contributed by atoms with E-state index in [0.717, 1.165) is 24.5 Å². The van der Waals surface area contributed by atoms with E-state index in [1.54, 1.807) is 32.2 Å². The van der Waals surface area contributed by atoms with Gasteiger partial charge in [-0.25, -0.2) is 4.79 Å². The molecular formula is C23H30N4O5. The Labute approximate surface area is 187 Å². The van der Waals surface area contributed by atoms with E-state index < -0.39 is 17.7 Å². The average Bonchev–Trinajstić information content (AvgIpc) is 2.97. The third kappa shape index (κ3) is 3.85. The number of imide groups is 1. The number of rotatable bonds is 5. The quantitative estimate of drug-likeness (QED) is 0.550. The molecule has 32 heavy (non-hydrogen) atoms. The van der Waals surface area contributed by atoms with Crippen molar-refractivity contribution < 1.29 is 23.9 Å². The number of hydrogen-bond acceptors (Lipinski definition) is 6. The highest BCUT2D eigenvalue weighted by Gasteiger charge is 2.52. The van der Waals surface area contributed by atoms with Crippen LogP contribution >= 0.6 is 0 Å². The normalized spacial score (nSPS) is 22.9. The topological polar surface area (TPSA) is 99.3 Å². The molecule has 2 saturated heterocycles. The summed E-state index contributed by atoms with van der Waals surface area (Å²) in [7, 11) is 1.63. The highest BCUT2D eigenvalue weighted by Crippen LogP contribution is 2.34. The molecule has 3 aliphatic heterocycles. The van der Waals surface area contributed by atoms with Gasteiger partial charge in [-0.1, -0.05) is 13.8 Å². The summed E-state index contributed by atoms with van der Waals surface area (Å²) in [6.45, 7) is 8.06. The number of hydrogen-bond donors (Lipinski definition) is 1. The van der Waals surface area contributed by atoms with Crippen LogP contribution in [0.1, 0.15) is 44.0 Å². The summed E-state index contributed by atoms with van der Waals surface area (Å²) in [5.41, 5.74) is -0.114. The van der Waals surface area contributed by atoms with Crippen molar-refractivity contribution in [3.05, 3.63) is 23.8 Å². The molecular weight excluding hydrogens is 412 g/mol. The number of fused-ring (bicyclic) bond motifs is 1. The van der Waals surface area contributed by atoms with Crippen molar-refractivity contribution in [2.45, 2.75) is 45.3 Å². The fourth-order valence-electron chi connectivity index (χ4n) is 4.71. The van der Waals surface area contributed by atoms with Crippen LogP contribution < -0.4 is 15.0 Å². The number of carbonyl (C=O) groups is 4. The first-order chi connectivity index (χ1) is 15.1. The van der Waals surface area contributed by atoms with Gasteiger partial charge in [0.25, 0.3) is 11.8 Å². The van der Waals surface area contributed by atoms with Gasteiger partial charge >= 0.3 is 6.03 Å². The predicted molar refractivity (Wildman–Crippen MR) is 118 cm³/mol. The minimum atomic E-state index is -0.919. The molecule has 1 aromatic carbocycles. The van der Waals surface area contributed by atoms with E-state index in [2.05, 4.69) is 24.1 Å². The number of likely N-dealkylation sites (tertiary alicyclic amines) is 1. The van der Waals surface area contributed by atoms with Crippen molar-refractivity contribution in [1.82, 2.24) is 15.1 Å². The molecule has 4 amide bonds. The molecule has 0 bridgehead atoms. The molecule has 0 saturated carbocycles. The Hall–Kier alpha value is -2.94. The predicted octanol–water partition coefficient (Wildman–Crippen LogP) is 1.66. The van der Waals surface area contributed by atoms with Crippen LogP contribution in [0.4, 0.5) is 10.5 Å². The molecule has 9 heteroatoms. The summed E-state index contributed by atoms with van der Waals surface area (Å²) < 4.78 is 5.59. The lowest BCUT2D eigenvalue weighted by Gasteiger charge is -2.37. The zero-order valence-corrected chi connectivity index (χ0v) is 19.0. The SMILES string of the molecule is CC(C)CN1CCC2(CC1)NC(=O)N(CC(=O)c1ccc3c(c1)N(C)C(=O)C(C)O3)C2=O. The second kappa shape index (κ2) is 8.20. The standard InChI is InChI=1S/C23H30N4O5/c1-14(2)12-26-9-7-23(8-10-26)21(30)27(22(31)24-23)13-18(28)16-5-6-19-17(11-16)25(4)20(29)15(3)32-19/h5-6,11,14-15H,7-10,12-13H2,1-4H3,(H,24,31). The van der Waals surface area contributed by atoms with E-state index in [-0.39, 0.29) is 24.1 Å². The smallest absolute Gasteiger partial charge is 0.325 e. The highest BCUT2D eigenvalue weighted by molar-refractivity contribution is 6.11. The van der Waals surface area contributed by atoms with E-state index in [4.69, 9.17) is 4.74 Å². The Kier molecular flexibility index (Phi) is 5.70. The lowest BCUT2D eigenvalue weighted by atomic mass is 9.87. The lowest BCUT2D eigenvalue weighted by molar-refractivity contribution is -0.132. The van der Waals surface area contributed by atoms with Gasteiger partial charge in [-0.15, -0.1) is 0 Å². The van der Waals surface area contributed by atoms with Crippen molar-refractivity contribution in [2.24, 2.45) is 5.92 Å². The highest BCUT2D eigenvalue weighted by atomic mass is 16.5. The number of likely N-dealkylation sites (N-methyl/N-ethyl adjacent to an activating group) is 1. The van der Waals surface area contributed by atoms with E-state index >= 15 is 0 Å². The number of carbonyl (C=O) groups excluding carboxylic acids is 4. The van der Waals surface area contributed by atoms with Gasteiger partial charge in [0.2, 0.25) is 0 Å². The number of nitrogens with one attached hydrogen (secondary N) is 1. The van der Waals surface area contributed by atoms with Gasteiger partial charge in [-0.2, -0.15) is 0 Å². The van der Waals surface area contributed by atoms with Gasteiger partial charge in [0.15, 0.2) is 11.9 Å². The van der Waals surface area contributed by atoms with Crippen LogP contribution in [0.25, 0.3) is 0 Å². The van der Waals surface area contributed by atoms with Crippen LogP contribution in [0.15, 0.2) is 18.2 Å². The first-order valence-electron chi connectivity index (χ1n) is 11.1. The van der Waals surface area contributed by atoms with Gasteiger partial charge in [-0.3, -0.25) is 19.3 Å². The Bertz CT molecular complexity index is 967. The van der Waals surface area contributed by atoms with Gasteiger partial charge in [-0.05, 0) is 43.9 Å². The monoisotopic (exact) mass is 442 g/mol. The molecule has 3 heterocycles. The third-order valence-electron chi connectivity index (χ3n) is 6.50. The zero-order valence-electron chi connectivity index (χ0n) is 19.0. The minimum absolute atomic E-state index is 0.207. The molecule has 1 unspecified atom stereocenters. The van der Waals surface area contributed by atoms with Crippen molar-refractivity contribution in [3.8, 4) is 5.75 Å². The van der Waals surface area contributed by atoms with Gasteiger partial charge in [0.1, 0.15) is 11.3 Å². The van der Waals surface area contributed by atoms with Crippen molar-refractivity contribution in [1.29, 1.82) is 0 Å². The molecule has 2 fully saturated rings. The molecule has 0 aliphatic carbocycles. The summed E-state index contributed by atoms with van der Waals surface area (Å²) >= 11 is 0. The second-order valence-electron chi connectivity index (χ2n) is 9.36. The number of Topliss-reactive ketones (excluding diaryl/α,β-unsaturated/α-hetero) is 1. The van der Waals surface area contributed by atoms with Crippen LogP contribution in [-0.2, 0) is 9.59 Å². The molecule has 1 aromatic rings. The Morgan fingerprint density at radius 2 is 1.91 bits per heavy atom. The summed E-state index contributed by atoms with van der Waals surface area (Å²) in [6.07, 6.45) is 0.482. The van der Waals surface area contributed by atoms with Gasteiger partial charge < -0.3 is 19.9 Å². The Morgan fingerprint density at radius 1 is 1.22 bits per heavy atom. The fraction of sp³-hybridized carbons (Fsp3) is 0.565. The third-order valence-corrected chi connectivity index (χ3v) is 6.50. The molecule has 172 valence electrons. The summed E-state index contributed by atoms with van der Waals surface area (Å²) in [4.78, 5) is 55.7. The maximum absolute atomic E-state index is 13.2. The number of nitrogens with zero attached hydrogens (tertiary/aromatic N) is 3. The minimum Gasteiger partial charge on any atom is -0.479 e. The van der Waals surface area contributed by atoms with Crippen LogP contribution in [0.2, 0.25) is 0 Å². The number of ether oxygens (including phenoxy) is 1. The molecule has 1 N–H and O–H groups in total. The number of amides is 4. The molecule has 1 atom stereocenters. The van der Waals surface area contributed by atoms with E-state index in [1.807, 2.05) is 0 Å². The van der Waals surface area contributed by atoms with Crippen LogP contribution in [0.3, 0.4) is 0 Å². The number of anilines is 1. The van der Waals surface area contributed by atoms with Gasteiger partial charge in [0, 0.05) is 32.2 Å². The van der Waals surface area contributed by atoms with Crippen molar-refractivity contribution in [2.75, 3.05) is 38.1 Å². The number of piperidine rings is 1. The molecule has 9 nitrogen and oxygen atoms in total. The number of benzene rings is 1. The first-order valence-corrected chi connectivity index (χ1v) is 11.1. The molecule has 4 rings (SSSR count). The number of ketones is 1. The maximum Gasteiger partial charge on any atom is 0.325 e. The molecule has 0 aromatic heterocycles. The zero-order chi connectivity index (χ0) is 23.2. The van der Waals surface area contributed by atoms with Gasteiger partial charge in [0.05, 0.1) is 12.2 Å². The van der Waals surface area contributed by atoms with Crippen LogP contribution in [0.5, 0.6) is 5.75 Å². The van der Waals surface area contributed by atoms with Crippen LogP contribution in [-0.4, -0.2) is 78.3 Å². The fourth-order valence-corrected chi connectivity index (χ4v) is 4.71.